The normalized spacial score (nSPS) is 18.7. The van der Waals surface area contributed by atoms with Gasteiger partial charge >= 0.3 is 6.09 Å². The number of hydrogen-bond donors (Lipinski definition) is 0. The third kappa shape index (κ3) is 4.42. The minimum absolute atomic E-state index is 0.107. The van der Waals surface area contributed by atoms with E-state index < -0.39 is 0 Å². The molecule has 2 aliphatic rings. The van der Waals surface area contributed by atoms with Crippen LogP contribution in [0, 0.1) is 12.3 Å². The molecular weight excluding hydrogens is 382 g/mol. The first-order chi connectivity index (χ1) is 14.3. The van der Waals surface area contributed by atoms with Crippen molar-refractivity contribution >= 4 is 6.09 Å². The summed E-state index contributed by atoms with van der Waals surface area (Å²) in [6.45, 7) is 7.75. The molecular formula is C22H31N5O3. The number of pyridine rings is 1. The lowest BCUT2D eigenvalue weighted by atomic mass is 9.85. The van der Waals surface area contributed by atoms with E-state index >= 15 is 0 Å². The third-order valence-corrected chi connectivity index (χ3v) is 5.90. The van der Waals surface area contributed by atoms with E-state index in [0.717, 1.165) is 30.0 Å². The number of nitrogens with zero attached hydrogens (tertiary/aromatic N) is 5. The fraction of sp³-hybridized carbons (Fsp3) is 0.636. The van der Waals surface area contributed by atoms with Crippen molar-refractivity contribution in [3.8, 4) is 17.1 Å². The number of likely N-dealkylation sites (tertiary alicyclic amines) is 1. The number of ether oxygens (including phenoxy) is 2. The first kappa shape index (κ1) is 20.6. The Morgan fingerprint density at radius 1 is 1.20 bits per heavy atom. The molecule has 0 unspecified atom stereocenters. The molecule has 8 heteroatoms. The summed E-state index contributed by atoms with van der Waals surface area (Å²) in [7, 11) is 1.79. The van der Waals surface area contributed by atoms with E-state index in [9.17, 15) is 4.79 Å². The van der Waals surface area contributed by atoms with Gasteiger partial charge in [0.25, 0.3) is 0 Å². The van der Waals surface area contributed by atoms with Gasteiger partial charge in [-0.2, -0.15) is 0 Å². The molecule has 2 fully saturated rings. The predicted octanol–water partition coefficient (Wildman–Crippen LogP) is 3.88. The van der Waals surface area contributed by atoms with Crippen molar-refractivity contribution < 1.29 is 14.3 Å². The number of amides is 1. The van der Waals surface area contributed by atoms with Gasteiger partial charge in [0.1, 0.15) is 23.7 Å². The van der Waals surface area contributed by atoms with Crippen LogP contribution in [0.5, 0.6) is 5.75 Å². The zero-order valence-electron chi connectivity index (χ0n) is 18.3. The van der Waals surface area contributed by atoms with Crippen molar-refractivity contribution in [2.45, 2.75) is 65.6 Å². The number of aryl methyl sites for hydroxylation is 2. The summed E-state index contributed by atoms with van der Waals surface area (Å²) in [6.07, 6.45) is 5.94. The Morgan fingerprint density at radius 3 is 2.60 bits per heavy atom. The molecule has 0 radical (unpaired) electrons. The topological polar surface area (TPSA) is 82.4 Å². The number of carbonyl (C=O) groups excluding carboxylic acids is 1. The summed E-state index contributed by atoms with van der Waals surface area (Å²) >= 11 is 0. The highest BCUT2D eigenvalue weighted by molar-refractivity contribution is 5.69. The van der Waals surface area contributed by atoms with Crippen LogP contribution in [0.1, 0.15) is 57.3 Å². The number of carbonyl (C=O) groups is 1. The maximum Gasteiger partial charge on any atom is 0.410 e. The molecule has 1 aliphatic carbocycles. The molecule has 0 bridgehead atoms. The zero-order valence-corrected chi connectivity index (χ0v) is 18.3. The van der Waals surface area contributed by atoms with Crippen molar-refractivity contribution in [1.82, 2.24) is 24.9 Å². The van der Waals surface area contributed by atoms with E-state index in [1.54, 1.807) is 16.6 Å². The summed E-state index contributed by atoms with van der Waals surface area (Å²) < 4.78 is 13.3. The van der Waals surface area contributed by atoms with Crippen LogP contribution in [-0.4, -0.2) is 50.2 Å². The molecule has 0 aromatic carbocycles. The summed E-state index contributed by atoms with van der Waals surface area (Å²) in [6, 6.07) is 3.86. The van der Waals surface area contributed by atoms with Crippen LogP contribution in [0.4, 0.5) is 4.79 Å². The molecule has 1 saturated carbocycles. The van der Waals surface area contributed by atoms with Crippen LogP contribution in [0.2, 0.25) is 0 Å². The molecule has 2 aromatic rings. The van der Waals surface area contributed by atoms with Crippen LogP contribution in [0.15, 0.2) is 12.1 Å². The Balaban J connectivity index is 1.44. The smallest absolute Gasteiger partial charge is 0.410 e. The van der Waals surface area contributed by atoms with Crippen molar-refractivity contribution in [3.05, 3.63) is 23.5 Å². The van der Waals surface area contributed by atoms with Crippen molar-refractivity contribution in [2.24, 2.45) is 12.5 Å². The van der Waals surface area contributed by atoms with Gasteiger partial charge in [-0.15, -0.1) is 5.10 Å². The largest absolute Gasteiger partial charge is 0.489 e. The van der Waals surface area contributed by atoms with Crippen LogP contribution >= 0.6 is 0 Å². The predicted molar refractivity (Wildman–Crippen MR) is 112 cm³/mol. The molecule has 1 amide bonds. The Morgan fingerprint density at radius 2 is 1.93 bits per heavy atom. The van der Waals surface area contributed by atoms with Crippen LogP contribution in [0.3, 0.4) is 0 Å². The minimum Gasteiger partial charge on any atom is -0.489 e. The molecule has 3 heterocycles. The maximum atomic E-state index is 12.3. The molecule has 2 aromatic heterocycles. The van der Waals surface area contributed by atoms with Gasteiger partial charge in [0.05, 0.1) is 17.5 Å². The summed E-state index contributed by atoms with van der Waals surface area (Å²) in [5.74, 6) is 0.822. The summed E-state index contributed by atoms with van der Waals surface area (Å²) in [4.78, 5) is 18.7. The maximum absolute atomic E-state index is 12.3. The molecule has 30 heavy (non-hydrogen) atoms. The molecule has 4 rings (SSSR count). The number of rotatable bonds is 5. The first-order valence-electron chi connectivity index (χ1n) is 10.8. The Labute approximate surface area is 177 Å². The first-order valence-corrected chi connectivity index (χ1v) is 10.8. The van der Waals surface area contributed by atoms with Crippen molar-refractivity contribution in [3.63, 3.8) is 0 Å². The van der Waals surface area contributed by atoms with E-state index in [4.69, 9.17) is 14.5 Å². The second-order valence-corrected chi connectivity index (χ2v) is 9.24. The minimum atomic E-state index is -0.304. The lowest BCUT2D eigenvalue weighted by Gasteiger charge is -2.44. The van der Waals surface area contributed by atoms with Crippen LogP contribution in [0.25, 0.3) is 11.4 Å². The van der Waals surface area contributed by atoms with Gasteiger partial charge in [-0.3, -0.25) is 0 Å². The van der Waals surface area contributed by atoms with Crippen LogP contribution < -0.4 is 4.74 Å². The molecule has 1 aliphatic heterocycles. The standard InChI is InChI=1S/C22H31N5O3/c1-15-19(30-16-8-6-5-7-9-16)11-10-17(23-15)20-18(26(4)25-24-20)12-29-21(28)27-13-22(2,3)14-27/h10-11,16H,5-9,12-14H2,1-4H3. The zero-order chi connectivity index (χ0) is 21.3. The highest BCUT2D eigenvalue weighted by Crippen LogP contribution is 2.30. The molecule has 162 valence electrons. The Bertz CT molecular complexity index is 909. The lowest BCUT2D eigenvalue weighted by Crippen LogP contribution is -2.55. The lowest BCUT2D eigenvalue weighted by molar-refractivity contribution is 0.0132. The van der Waals surface area contributed by atoms with Gasteiger partial charge in [0.15, 0.2) is 0 Å². The van der Waals surface area contributed by atoms with Gasteiger partial charge in [-0.25, -0.2) is 14.5 Å². The molecule has 0 atom stereocenters. The summed E-state index contributed by atoms with van der Waals surface area (Å²) in [5.41, 5.74) is 3.04. The van der Waals surface area contributed by atoms with E-state index in [-0.39, 0.29) is 24.2 Å². The number of hydrogen-bond acceptors (Lipinski definition) is 6. The van der Waals surface area contributed by atoms with E-state index in [1.165, 1.54) is 19.3 Å². The monoisotopic (exact) mass is 413 g/mol. The molecule has 1 saturated heterocycles. The van der Waals surface area contributed by atoms with E-state index in [0.29, 0.717) is 24.5 Å². The Hall–Kier alpha value is -2.64. The van der Waals surface area contributed by atoms with Gasteiger partial charge in [0, 0.05) is 25.6 Å². The second-order valence-electron chi connectivity index (χ2n) is 9.24. The fourth-order valence-corrected chi connectivity index (χ4v) is 4.24. The number of aromatic nitrogens is 4. The average Bonchev–Trinajstić information content (AvgIpc) is 3.07. The second kappa shape index (κ2) is 8.24. The van der Waals surface area contributed by atoms with Gasteiger partial charge in [0.2, 0.25) is 0 Å². The fourth-order valence-electron chi connectivity index (χ4n) is 4.24. The van der Waals surface area contributed by atoms with Crippen LogP contribution in [-0.2, 0) is 18.4 Å². The highest BCUT2D eigenvalue weighted by atomic mass is 16.6. The Kier molecular flexibility index (Phi) is 5.66. The molecule has 8 nitrogen and oxygen atoms in total. The average molecular weight is 414 g/mol. The highest BCUT2D eigenvalue weighted by Gasteiger charge is 2.38. The SMILES string of the molecule is Cc1nc(-c2nnn(C)c2COC(=O)N2CC(C)(C)C2)ccc1OC1CCCCC1. The van der Waals surface area contributed by atoms with E-state index in [1.807, 2.05) is 19.1 Å². The quantitative estimate of drug-likeness (QED) is 0.740. The van der Waals surface area contributed by atoms with E-state index in [2.05, 4.69) is 24.2 Å². The molecule has 0 spiro atoms. The van der Waals surface area contributed by atoms with Crippen molar-refractivity contribution in [1.29, 1.82) is 0 Å². The summed E-state index contributed by atoms with van der Waals surface area (Å²) in [5, 5.41) is 8.37. The van der Waals surface area contributed by atoms with Gasteiger partial charge in [-0.05, 0) is 44.7 Å². The molecule has 0 N–H and O–H groups in total. The van der Waals surface area contributed by atoms with Gasteiger partial charge in [-0.1, -0.05) is 25.5 Å². The van der Waals surface area contributed by atoms with Crippen molar-refractivity contribution in [2.75, 3.05) is 13.1 Å². The van der Waals surface area contributed by atoms with Gasteiger partial charge < -0.3 is 14.4 Å². The third-order valence-electron chi connectivity index (χ3n) is 5.90.